The van der Waals surface area contributed by atoms with Gasteiger partial charge >= 0.3 is 0 Å². The molecule has 0 fully saturated rings. The van der Waals surface area contributed by atoms with Crippen molar-refractivity contribution in [3.63, 3.8) is 0 Å². The van der Waals surface area contributed by atoms with E-state index in [9.17, 15) is 13.6 Å². The Morgan fingerprint density at radius 1 is 1.14 bits per heavy atom. The van der Waals surface area contributed by atoms with E-state index in [4.69, 9.17) is 11.6 Å². The number of hydrogen-bond acceptors (Lipinski definition) is 1. The van der Waals surface area contributed by atoms with Crippen molar-refractivity contribution in [2.75, 3.05) is 5.88 Å². The van der Waals surface area contributed by atoms with Gasteiger partial charge in [0.15, 0.2) is 5.78 Å². The Morgan fingerprint density at radius 3 is 2.33 bits per heavy atom. The maximum absolute atomic E-state index is 13.2. The van der Waals surface area contributed by atoms with Crippen molar-refractivity contribution in [3.8, 4) is 0 Å². The number of hydrogen-bond donors (Lipinski definition) is 0. The summed E-state index contributed by atoms with van der Waals surface area (Å²) in [6, 6.07) is 5.29. The molecule has 0 radical (unpaired) electrons. The van der Waals surface area contributed by atoms with Gasteiger partial charge in [0.05, 0.1) is 5.88 Å². The number of halogens is 3. The number of benzene rings is 1. The fraction of sp³-hybridized carbons (Fsp3) is 0.312. The molecule has 5 heteroatoms. The van der Waals surface area contributed by atoms with E-state index in [-0.39, 0.29) is 11.7 Å². The third-order valence-electron chi connectivity index (χ3n) is 3.54. The molecule has 0 aliphatic rings. The number of carbonyl (C=O) groups is 1. The van der Waals surface area contributed by atoms with Crippen LogP contribution in [0.25, 0.3) is 0 Å². The Balaban J connectivity index is 2.20. The highest BCUT2D eigenvalue weighted by molar-refractivity contribution is 6.30. The van der Waals surface area contributed by atoms with Gasteiger partial charge in [0.1, 0.15) is 11.6 Å². The molecule has 0 saturated carbocycles. The van der Waals surface area contributed by atoms with E-state index < -0.39 is 11.6 Å². The lowest BCUT2D eigenvalue weighted by molar-refractivity contribution is 0.102. The van der Waals surface area contributed by atoms with Crippen LogP contribution in [0.2, 0.25) is 0 Å². The minimum Gasteiger partial charge on any atom is -0.348 e. The monoisotopic (exact) mass is 311 g/mol. The SMILES string of the molecule is Cc1cc(C(=O)CCl)c(C)n1CCc1cc(F)cc(F)c1. The number of carbonyl (C=O) groups excluding carboxylic acids is 1. The van der Waals surface area contributed by atoms with E-state index in [0.29, 0.717) is 24.1 Å². The first kappa shape index (κ1) is 15.7. The molecule has 0 unspecified atom stereocenters. The number of Topliss-reactive ketones (excluding diaryl/α,β-unsaturated/α-hetero) is 1. The van der Waals surface area contributed by atoms with Gasteiger partial charge in [0, 0.05) is 29.6 Å². The lowest BCUT2D eigenvalue weighted by atomic mass is 10.1. The molecule has 0 saturated heterocycles. The smallest absolute Gasteiger partial charge is 0.179 e. The molecular weight excluding hydrogens is 296 g/mol. The van der Waals surface area contributed by atoms with Crippen LogP contribution in [-0.4, -0.2) is 16.2 Å². The van der Waals surface area contributed by atoms with Crippen molar-refractivity contribution >= 4 is 17.4 Å². The van der Waals surface area contributed by atoms with Crippen LogP contribution in [0.3, 0.4) is 0 Å². The minimum atomic E-state index is -0.580. The Kier molecular flexibility index (Phi) is 4.78. The zero-order chi connectivity index (χ0) is 15.6. The van der Waals surface area contributed by atoms with E-state index in [1.807, 2.05) is 18.4 Å². The predicted octanol–water partition coefficient (Wildman–Crippen LogP) is 4.05. The summed E-state index contributed by atoms with van der Waals surface area (Å²) in [5, 5.41) is 0. The molecule has 112 valence electrons. The second-order valence-electron chi connectivity index (χ2n) is 5.02. The molecule has 0 N–H and O–H groups in total. The molecule has 2 rings (SSSR count). The Hall–Kier alpha value is -1.68. The number of aromatic nitrogens is 1. The number of aryl methyl sites for hydroxylation is 2. The summed E-state index contributed by atoms with van der Waals surface area (Å²) in [4.78, 5) is 11.7. The zero-order valence-corrected chi connectivity index (χ0v) is 12.7. The van der Waals surface area contributed by atoms with Crippen LogP contribution in [0.15, 0.2) is 24.3 Å². The highest BCUT2D eigenvalue weighted by atomic mass is 35.5. The van der Waals surface area contributed by atoms with Crippen LogP contribution in [-0.2, 0) is 13.0 Å². The zero-order valence-electron chi connectivity index (χ0n) is 11.9. The van der Waals surface area contributed by atoms with Crippen LogP contribution >= 0.6 is 11.6 Å². The number of rotatable bonds is 5. The van der Waals surface area contributed by atoms with Crippen LogP contribution in [0, 0.1) is 25.5 Å². The van der Waals surface area contributed by atoms with Gasteiger partial charge in [-0.2, -0.15) is 0 Å². The summed E-state index contributed by atoms with van der Waals surface area (Å²) in [6.45, 7) is 4.29. The van der Waals surface area contributed by atoms with Gasteiger partial charge in [0.2, 0.25) is 0 Å². The van der Waals surface area contributed by atoms with Gasteiger partial charge in [-0.05, 0) is 44.0 Å². The second-order valence-corrected chi connectivity index (χ2v) is 5.29. The summed E-state index contributed by atoms with van der Waals surface area (Å²) in [5.41, 5.74) is 2.95. The molecular formula is C16H16ClF2NO. The molecule has 1 aromatic carbocycles. The van der Waals surface area contributed by atoms with Crippen LogP contribution in [0.4, 0.5) is 8.78 Å². The molecule has 0 amide bonds. The number of nitrogens with zero attached hydrogens (tertiary/aromatic N) is 1. The largest absolute Gasteiger partial charge is 0.348 e. The average molecular weight is 312 g/mol. The fourth-order valence-corrected chi connectivity index (χ4v) is 2.64. The van der Waals surface area contributed by atoms with Gasteiger partial charge in [-0.1, -0.05) is 0 Å². The summed E-state index contributed by atoms with van der Waals surface area (Å²) in [6.07, 6.45) is 0.486. The maximum Gasteiger partial charge on any atom is 0.179 e. The van der Waals surface area contributed by atoms with Crippen molar-refractivity contribution in [2.45, 2.75) is 26.8 Å². The molecule has 0 aliphatic carbocycles. The van der Waals surface area contributed by atoms with Gasteiger partial charge in [-0.15, -0.1) is 11.6 Å². The predicted molar refractivity (Wildman–Crippen MR) is 79.0 cm³/mol. The van der Waals surface area contributed by atoms with Crippen LogP contribution < -0.4 is 0 Å². The first-order valence-electron chi connectivity index (χ1n) is 6.63. The highest BCUT2D eigenvalue weighted by Crippen LogP contribution is 2.18. The van der Waals surface area contributed by atoms with E-state index in [0.717, 1.165) is 17.5 Å². The highest BCUT2D eigenvalue weighted by Gasteiger charge is 2.14. The summed E-state index contributed by atoms with van der Waals surface area (Å²) in [5.74, 6) is -1.33. The summed E-state index contributed by atoms with van der Waals surface area (Å²) in [7, 11) is 0. The van der Waals surface area contributed by atoms with Gasteiger partial charge in [-0.25, -0.2) is 8.78 Å². The van der Waals surface area contributed by atoms with Crippen LogP contribution in [0.5, 0.6) is 0 Å². The van der Waals surface area contributed by atoms with Crippen molar-refractivity contribution in [3.05, 3.63) is 58.4 Å². The molecule has 21 heavy (non-hydrogen) atoms. The topological polar surface area (TPSA) is 22.0 Å². The lowest BCUT2D eigenvalue weighted by Crippen LogP contribution is -2.08. The Labute approximate surface area is 127 Å². The maximum atomic E-state index is 13.2. The summed E-state index contributed by atoms with van der Waals surface area (Å²) >= 11 is 5.59. The third-order valence-corrected chi connectivity index (χ3v) is 3.78. The molecule has 2 nitrogen and oxygen atoms in total. The molecule has 0 atom stereocenters. The third kappa shape index (κ3) is 3.50. The normalized spacial score (nSPS) is 10.9. The van der Waals surface area contributed by atoms with E-state index in [1.54, 1.807) is 6.07 Å². The molecule has 0 aliphatic heterocycles. The molecule has 1 aromatic heterocycles. The van der Waals surface area contributed by atoms with Gasteiger partial charge < -0.3 is 4.57 Å². The van der Waals surface area contributed by atoms with Crippen molar-refractivity contribution in [1.82, 2.24) is 4.57 Å². The summed E-state index contributed by atoms with van der Waals surface area (Å²) < 4.78 is 28.3. The fourth-order valence-electron chi connectivity index (χ4n) is 2.50. The molecule has 0 spiro atoms. The Bertz CT molecular complexity index is 659. The first-order chi connectivity index (χ1) is 9.92. The van der Waals surface area contributed by atoms with Crippen molar-refractivity contribution < 1.29 is 13.6 Å². The molecule has 0 bridgehead atoms. The number of alkyl halides is 1. The minimum absolute atomic E-state index is 0.0561. The average Bonchev–Trinajstić information content (AvgIpc) is 2.70. The Morgan fingerprint density at radius 2 is 1.76 bits per heavy atom. The van der Waals surface area contributed by atoms with Gasteiger partial charge in [0.25, 0.3) is 0 Å². The van der Waals surface area contributed by atoms with E-state index in [1.165, 1.54) is 12.1 Å². The number of ketones is 1. The quantitative estimate of drug-likeness (QED) is 0.603. The van der Waals surface area contributed by atoms with Gasteiger partial charge in [-0.3, -0.25) is 4.79 Å². The standard InChI is InChI=1S/C16H16ClF2NO/c1-10-5-15(16(21)9-17)11(2)20(10)4-3-12-6-13(18)8-14(19)7-12/h5-8H,3-4,9H2,1-2H3. The lowest BCUT2D eigenvalue weighted by Gasteiger charge is -2.10. The first-order valence-corrected chi connectivity index (χ1v) is 7.16. The van der Waals surface area contributed by atoms with E-state index >= 15 is 0 Å². The second kappa shape index (κ2) is 6.39. The van der Waals surface area contributed by atoms with Crippen molar-refractivity contribution in [2.24, 2.45) is 0 Å². The molecule has 2 aromatic rings. The van der Waals surface area contributed by atoms with Crippen LogP contribution in [0.1, 0.15) is 27.3 Å². The van der Waals surface area contributed by atoms with E-state index in [2.05, 4.69) is 0 Å². The molecule has 1 heterocycles. The van der Waals surface area contributed by atoms with Crippen molar-refractivity contribution in [1.29, 1.82) is 0 Å².